The molecule has 1 aromatic rings. The van der Waals surface area contributed by atoms with Crippen LogP contribution in [-0.2, 0) is 6.54 Å². The highest BCUT2D eigenvalue weighted by atomic mass is 79.9. The van der Waals surface area contributed by atoms with Crippen LogP contribution in [0, 0.1) is 0 Å². The van der Waals surface area contributed by atoms with Gasteiger partial charge >= 0.3 is 0 Å². The number of thiophene rings is 1. The van der Waals surface area contributed by atoms with Gasteiger partial charge in [0.15, 0.2) is 0 Å². The third-order valence-corrected chi connectivity index (χ3v) is 7.65. The Balaban J connectivity index is 1.85. The summed E-state index contributed by atoms with van der Waals surface area (Å²) in [6.45, 7) is 3.26. The van der Waals surface area contributed by atoms with E-state index in [9.17, 15) is 0 Å². The van der Waals surface area contributed by atoms with E-state index in [0.29, 0.717) is 6.04 Å². The molecule has 0 bridgehead atoms. The van der Waals surface area contributed by atoms with E-state index in [-0.39, 0.29) is 0 Å². The Labute approximate surface area is 128 Å². The Kier molecular flexibility index (Phi) is 5.87. The van der Waals surface area contributed by atoms with Crippen molar-refractivity contribution in [2.75, 3.05) is 5.75 Å². The third-order valence-electron chi connectivity index (χ3n) is 3.07. The molecule has 1 saturated carbocycles. The number of thioether (sulfide) groups is 1. The van der Waals surface area contributed by atoms with Crippen LogP contribution in [0.25, 0.3) is 0 Å². The molecule has 0 saturated heterocycles. The predicted octanol–water partition coefficient (Wildman–Crippen LogP) is 5.04. The molecular formula is C12H17Br2NS2. The minimum Gasteiger partial charge on any atom is -0.308 e. The van der Waals surface area contributed by atoms with Crippen LogP contribution in [0.2, 0.25) is 0 Å². The summed E-state index contributed by atoms with van der Waals surface area (Å²) in [5.74, 6) is 1.24. The van der Waals surface area contributed by atoms with Gasteiger partial charge in [0, 0.05) is 27.2 Å². The van der Waals surface area contributed by atoms with Crippen molar-refractivity contribution in [1.29, 1.82) is 0 Å². The monoisotopic (exact) mass is 397 g/mol. The van der Waals surface area contributed by atoms with Crippen LogP contribution in [0.1, 0.15) is 31.1 Å². The van der Waals surface area contributed by atoms with E-state index in [0.717, 1.165) is 11.8 Å². The maximum Gasteiger partial charge on any atom is 0.0843 e. The highest BCUT2D eigenvalue weighted by Gasteiger charge is 2.26. The zero-order valence-corrected chi connectivity index (χ0v) is 14.6. The second kappa shape index (κ2) is 6.94. The summed E-state index contributed by atoms with van der Waals surface area (Å²) in [6, 6.07) is 2.91. The number of nitrogens with one attached hydrogen (secondary N) is 1. The average Bonchev–Trinajstić information content (AvgIpc) is 2.85. The first-order valence-corrected chi connectivity index (χ1v) is 9.44. The van der Waals surface area contributed by atoms with Crippen molar-refractivity contribution in [1.82, 2.24) is 5.32 Å². The molecule has 0 radical (unpaired) electrons. The van der Waals surface area contributed by atoms with Crippen LogP contribution in [0.4, 0.5) is 0 Å². The van der Waals surface area contributed by atoms with Gasteiger partial charge in [-0.05, 0) is 56.5 Å². The minimum atomic E-state index is 0.708. The highest BCUT2D eigenvalue weighted by molar-refractivity contribution is 9.13. The fourth-order valence-electron chi connectivity index (χ4n) is 2.28. The number of halogens is 2. The van der Waals surface area contributed by atoms with E-state index in [1.165, 1.54) is 38.2 Å². The SMILES string of the molecule is CCSC1CCCC1NCc1cc(Br)c(Br)s1. The number of hydrogen-bond donors (Lipinski definition) is 1. The van der Waals surface area contributed by atoms with E-state index < -0.39 is 0 Å². The molecule has 1 N–H and O–H groups in total. The Morgan fingerprint density at radius 3 is 2.94 bits per heavy atom. The quantitative estimate of drug-likeness (QED) is 0.745. The smallest absolute Gasteiger partial charge is 0.0843 e. The van der Waals surface area contributed by atoms with Crippen LogP contribution in [-0.4, -0.2) is 17.0 Å². The van der Waals surface area contributed by atoms with E-state index in [1.807, 2.05) is 11.3 Å². The largest absolute Gasteiger partial charge is 0.308 e. The molecular weight excluding hydrogens is 382 g/mol. The van der Waals surface area contributed by atoms with E-state index in [4.69, 9.17) is 0 Å². The molecule has 1 aromatic heterocycles. The lowest BCUT2D eigenvalue weighted by Gasteiger charge is -2.19. The average molecular weight is 399 g/mol. The van der Waals surface area contributed by atoms with Gasteiger partial charge in [-0.25, -0.2) is 0 Å². The standard InChI is InChI=1S/C12H17Br2NS2/c1-2-16-11-5-3-4-10(11)15-7-8-6-9(13)12(14)17-8/h6,10-11,15H,2-5,7H2,1H3. The van der Waals surface area contributed by atoms with Crippen molar-refractivity contribution >= 4 is 55.0 Å². The van der Waals surface area contributed by atoms with Crippen LogP contribution in [0.5, 0.6) is 0 Å². The molecule has 96 valence electrons. The van der Waals surface area contributed by atoms with Crippen LogP contribution < -0.4 is 5.32 Å². The van der Waals surface area contributed by atoms with E-state index >= 15 is 0 Å². The normalized spacial score (nSPS) is 24.4. The number of hydrogen-bond acceptors (Lipinski definition) is 3. The van der Waals surface area contributed by atoms with Gasteiger partial charge in [0.1, 0.15) is 0 Å². The van der Waals surface area contributed by atoms with Gasteiger partial charge in [0.25, 0.3) is 0 Å². The zero-order valence-electron chi connectivity index (χ0n) is 9.84. The van der Waals surface area contributed by atoms with Crippen molar-refractivity contribution in [3.63, 3.8) is 0 Å². The summed E-state index contributed by atoms with van der Waals surface area (Å²) in [7, 11) is 0. The molecule has 2 unspecified atom stereocenters. The van der Waals surface area contributed by atoms with Crippen molar-refractivity contribution in [2.45, 2.75) is 44.0 Å². The third kappa shape index (κ3) is 3.96. The molecule has 17 heavy (non-hydrogen) atoms. The molecule has 1 fully saturated rings. The van der Waals surface area contributed by atoms with Crippen molar-refractivity contribution in [2.24, 2.45) is 0 Å². The lowest BCUT2D eigenvalue weighted by atomic mass is 10.2. The molecule has 0 spiro atoms. The van der Waals surface area contributed by atoms with Crippen molar-refractivity contribution < 1.29 is 0 Å². The number of rotatable bonds is 5. The Bertz CT molecular complexity index is 348. The molecule has 1 aliphatic rings. The molecule has 0 aliphatic heterocycles. The Morgan fingerprint density at radius 2 is 2.29 bits per heavy atom. The first-order valence-electron chi connectivity index (χ1n) is 5.99. The Hall–Kier alpha value is 0.970. The van der Waals surface area contributed by atoms with Crippen LogP contribution in [0.3, 0.4) is 0 Å². The second-order valence-corrected chi connectivity index (χ2v) is 9.07. The van der Waals surface area contributed by atoms with Crippen molar-refractivity contribution in [3.05, 3.63) is 19.2 Å². The lowest BCUT2D eigenvalue weighted by Crippen LogP contribution is -2.33. The van der Waals surface area contributed by atoms with Gasteiger partial charge in [-0.3, -0.25) is 0 Å². The van der Waals surface area contributed by atoms with Crippen LogP contribution in [0.15, 0.2) is 14.3 Å². The van der Waals surface area contributed by atoms with Gasteiger partial charge in [0.2, 0.25) is 0 Å². The molecule has 0 amide bonds. The summed E-state index contributed by atoms with van der Waals surface area (Å²) in [4.78, 5) is 1.40. The van der Waals surface area contributed by atoms with Gasteiger partial charge in [-0.15, -0.1) is 11.3 Å². The molecule has 1 aliphatic carbocycles. The first-order chi connectivity index (χ1) is 8.20. The fraction of sp³-hybridized carbons (Fsp3) is 0.667. The minimum absolute atomic E-state index is 0.708. The van der Waals surface area contributed by atoms with E-state index in [2.05, 4.69) is 61.9 Å². The lowest BCUT2D eigenvalue weighted by molar-refractivity contribution is 0.535. The Morgan fingerprint density at radius 1 is 1.47 bits per heavy atom. The van der Waals surface area contributed by atoms with Gasteiger partial charge in [0.05, 0.1) is 3.79 Å². The topological polar surface area (TPSA) is 12.0 Å². The molecule has 0 aromatic carbocycles. The molecule has 5 heteroatoms. The summed E-state index contributed by atoms with van der Waals surface area (Å²) < 4.78 is 2.37. The maximum absolute atomic E-state index is 3.72. The van der Waals surface area contributed by atoms with Gasteiger partial charge < -0.3 is 5.32 Å². The molecule has 2 rings (SSSR count). The molecule has 2 atom stereocenters. The predicted molar refractivity (Wildman–Crippen MR) is 86.1 cm³/mol. The summed E-state index contributed by atoms with van der Waals surface area (Å²) in [5.41, 5.74) is 0. The van der Waals surface area contributed by atoms with Gasteiger partial charge in [-0.1, -0.05) is 13.3 Å². The fourth-order valence-corrected chi connectivity index (χ4v) is 5.64. The molecule has 1 nitrogen and oxygen atoms in total. The summed E-state index contributed by atoms with van der Waals surface area (Å²) in [5, 5.41) is 4.55. The summed E-state index contributed by atoms with van der Waals surface area (Å²) in [6.07, 6.45) is 4.10. The highest BCUT2D eigenvalue weighted by Crippen LogP contribution is 2.33. The zero-order chi connectivity index (χ0) is 12.3. The van der Waals surface area contributed by atoms with E-state index in [1.54, 1.807) is 0 Å². The van der Waals surface area contributed by atoms with Crippen molar-refractivity contribution in [3.8, 4) is 0 Å². The van der Waals surface area contributed by atoms with Gasteiger partial charge in [-0.2, -0.15) is 11.8 Å². The molecule has 1 heterocycles. The maximum atomic E-state index is 3.72. The van der Waals surface area contributed by atoms with Crippen LogP contribution >= 0.6 is 55.0 Å². The first kappa shape index (κ1) is 14.4. The second-order valence-electron chi connectivity index (χ2n) is 4.25. The summed E-state index contributed by atoms with van der Waals surface area (Å²) >= 11 is 11.0.